The molecule has 2 rings (SSSR count). The maximum atomic E-state index is 13.1. The average Bonchev–Trinajstić information content (AvgIpc) is 2.78. The fourth-order valence-electron chi connectivity index (χ4n) is 1.83. The molecule has 23 heavy (non-hydrogen) atoms. The number of carbonyl (C=O) groups is 1. The van der Waals surface area contributed by atoms with Crippen molar-refractivity contribution in [3.8, 4) is 5.75 Å². The van der Waals surface area contributed by atoms with E-state index in [1.807, 2.05) is 6.92 Å². The highest BCUT2D eigenvalue weighted by molar-refractivity contribution is 9.10. The van der Waals surface area contributed by atoms with Crippen molar-refractivity contribution in [2.75, 3.05) is 5.32 Å². The van der Waals surface area contributed by atoms with Crippen LogP contribution in [0.25, 0.3) is 0 Å². The third-order valence-electron chi connectivity index (χ3n) is 2.89. The van der Waals surface area contributed by atoms with E-state index in [4.69, 9.17) is 0 Å². The highest BCUT2D eigenvalue weighted by Gasteiger charge is 2.13. The molecule has 1 aromatic carbocycles. The number of amides is 1. The van der Waals surface area contributed by atoms with E-state index in [1.54, 1.807) is 10.9 Å². The van der Waals surface area contributed by atoms with Crippen molar-refractivity contribution < 1.29 is 22.7 Å². The van der Waals surface area contributed by atoms with Crippen molar-refractivity contribution in [2.45, 2.75) is 26.5 Å². The van der Waals surface area contributed by atoms with Gasteiger partial charge >= 0.3 is 6.61 Å². The van der Waals surface area contributed by atoms with Gasteiger partial charge < -0.3 is 10.1 Å². The molecule has 0 aliphatic heterocycles. The van der Waals surface area contributed by atoms with Crippen LogP contribution in [0.5, 0.6) is 5.75 Å². The van der Waals surface area contributed by atoms with Gasteiger partial charge in [0.25, 0.3) is 0 Å². The van der Waals surface area contributed by atoms with E-state index < -0.39 is 24.1 Å². The normalized spacial score (nSPS) is 10.9. The van der Waals surface area contributed by atoms with Crippen LogP contribution in [-0.4, -0.2) is 22.3 Å². The lowest BCUT2D eigenvalue weighted by molar-refractivity contribution is -0.116. The molecule has 0 atom stereocenters. The third kappa shape index (κ3) is 4.98. The van der Waals surface area contributed by atoms with E-state index in [2.05, 4.69) is 31.1 Å². The smallest absolute Gasteiger partial charge is 0.387 e. The third-order valence-corrected chi connectivity index (χ3v) is 3.67. The van der Waals surface area contributed by atoms with Gasteiger partial charge in [-0.1, -0.05) is 0 Å². The summed E-state index contributed by atoms with van der Waals surface area (Å²) in [5.74, 6) is -1.60. The SMILES string of the molecule is Cc1nn(CCC(=O)Nc2ccc(F)cc2OC(F)F)cc1Br. The monoisotopic (exact) mass is 391 g/mol. The summed E-state index contributed by atoms with van der Waals surface area (Å²) in [6, 6.07) is 3.00. The van der Waals surface area contributed by atoms with Gasteiger partial charge in [0, 0.05) is 25.2 Å². The summed E-state index contributed by atoms with van der Waals surface area (Å²) < 4.78 is 44.3. The summed E-state index contributed by atoms with van der Waals surface area (Å²) in [5, 5.41) is 6.59. The van der Waals surface area contributed by atoms with Gasteiger partial charge in [-0.3, -0.25) is 9.48 Å². The number of nitrogens with one attached hydrogen (secondary N) is 1. The van der Waals surface area contributed by atoms with Crippen LogP contribution < -0.4 is 10.1 Å². The number of nitrogens with zero attached hydrogens (tertiary/aromatic N) is 2. The number of hydrogen-bond donors (Lipinski definition) is 1. The average molecular weight is 392 g/mol. The Labute approximate surface area is 138 Å². The number of benzene rings is 1. The molecule has 5 nitrogen and oxygen atoms in total. The largest absolute Gasteiger partial charge is 0.432 e. The maximum absolute atomic E-state index is 13.1. The predicted molar refractivity (Wildman–Crippen MR) is 80.9 cm³/mol. The number of carbonyl (C=O) groups excluding carboxylic acids is 1. The van der Waals surface area contributed by atoms with Crippen molar-refractivity contribution in [1.82, 2.24) is 9.78 Å². The second-order valence-corrected chi connectivity index (χ2v) is 5.50. The minimum atomic E-state index is -3.11. The van der Waals surface area contributed by atoms with Crippen LogP contribution in [0.1, 0.15) is 12.1 Å². The van der Waals surface area contributed by atoms with E-state index in [0.29, 0.717) is 6.54 Å². The van der Waals surface area contributed by atoms with Crippen LogP contribution in [0.15, 0.2) is 28.9 Å². The Balaban J connectivity index is 1.99. The number of aromatic nitrogens is 2. The standard InChI is InChI=1S/C14H13BrF3N3O2/c1-8-10(15)7-21(20-8)5-4-13(22)19-11-3-2-9(16)6-12(11)23-14(17)18/h2-3,6-7,14H,4-5H2,1H3,(H,19,22). The Bertz CT molecular complexity index is 687. The van der Waals surface area contributed by atoms with Gasteiger partial charge in [-0.2, -0.15) is 13.9 Å². The van der Waals surface area contributed by atoms with Gasteiger partial charge in [0.05, 0.1) is 15.9 Å². The molecule has 0 fully saturated rings. The zero-order chi connectivity index (χ0) is 17.0. The topological polar surface area (TPSA) is 56.2 Å². The lowest BCUT2D eigenvalue weighted by Crippen LogP contribution is -2.16. The maximum Gasteiger partial charge on any atom is 0.387 e. The molecule has 0 aliphatic carbocycles. The van der Waals surface area contributed by atoms with E-state index >= 15 is 0 Å². The van der Waals surface area contributed by atoms with Crippen molar-refractivity contribution in [1.29, 1.82) is 0 Å². The molecule has 1 N–H and O–H groups in total. The molecule has 0 spiro atoms. The van der Waals surface area contributed by atoms with Crippen molar-refractivity contribution in [3.63, 3.8) is 0 Å². The van der Waals surface area contributed by atoms with Gasteiger partial charge in [0.1, 0.15) is 5.82 Å². The van der Waals surface area contributed by atoms with Crippen LogP contribution >= 0.6 is 15.9 Å². The van der Waals surface area contributed by atoms with Gasteiger partial charge in [-0.05, 0) is 35.0 Å². The number of halogens is 4. The lowest BCUT2D eigenvalue weighted by atomic mass is 10.2. The summed E-state index contributed by atoms with van der Waals surface area (Å²) in [4.78, 5) is 11.9. The minimum Gasteiger partial charge on any atom is -0.432 e. The van der Waals surface area contributed by atoms with Crippen LogP contribution in [0, 0.1) is 12.7 Å². The molecule has 2 aromatic rings. The van der Waals surface area contributed by atoms with Gasteiger partial charge in [0.2, 0.25) is 5.91 Å². The lowest BCUT2D eigenvalue weighted by Gasteiger charge is -2.12. The molecule has 0 saturated carbocycles. The Hall–Kier alpha value is -2.03. The zero-order valence-electron chi connectivity index (χ0n) is 12.0. The molecule has 9 heteroatoms. The second-order valence-electron chi connectivity index (χ2n) is 4.64. The van der Waals surface area contributed by atoms with Crippen LogP contribution in [0.3, 0.4) is 0 Å². The molecule has 1 amide bonds. The first-order valence-corrected chi connectivity index (χ1v) is 7.38. The Morgan fingerprint density at radius 1 is 1.48 bits per heavy atom. The molecule has 1 aromatic heterocycles. The molecular formula is C14H13BrF3N3O2. The van der Waals surface area contributed by atoms with E-state index in [9.17, 15) is 18.0 Å². The first-order valence-electron chi connectivity index (χ1n) is 6.59. The summed E-state index contributed by atoms with van der Waals surface area (Å²) in [6.07, 6.45) is 1.80. The summed E-state index contributed by atoms with van der Waals surface area (Å²) in [7, 11) is 0. The minimum absolute atomic E-state index is 0.0190. The summed E-state index contributed by atoms with van der Waals surface area (Å²) >= 11 is 3.31. The molecule has 1 heterocycles. The van der Waals surface area contributed by atoms with Crippen LogP contribution in [0.4, 0.5) is 18.9 Å². The fraction of sp³-hybridized carbons (Fsp3) is 0.286. The van der Waals surface area contributed by atoms with E-state index in [1.165, 1.54) is 6.07 Å². The van der Waals surface area contributed by atoms with Gasteiger partial charge in [0.15, 0.2) is 5.75 Å². The predicted octanol–water partition coefficient (Wildman–Crippen LogP) is 3.72. The van der Waals surface area contributed by atoms with E-state index in [0.717, 1.165) is 22.3 Å². The molecule has 0 radical (unpaired) electrons. The van der Waals surface area contributed by atoms with Gasteiger partial charge in [-0.25, -0.2) is 4.39 Å². The van der Waals surface area contributed by atoms with Crippen molar-refractivity contribution >= 4 is 27.5 Å². The highest BCUT2D eigenvalue weighted by Crippen LogP contribution is 2.27. The highest BCUT2D eigenvalue weighted by atomic mass is 79.9. The Morgan fingerprint density at radius 3 is 2.83 bits per heavy atom. The zero-order valence-corrected chi connectivity index (χ0v) is 13.6. The molecule has 0 aliphatic rings. The second kappa shape index (κ2) is 7.49. The number of alkyl halides is 2. The fourth-order valence-corrected chi connectivity index (χ4v) is 2.15. The molecular weight excluding hydrogens is 379 g/mol. The number of ether oxygens (including phenoxy) is 1. The molecule has 0 bridgehead atoms. The van der Waals surface area contributed by atoms with Crippen molar-refractivity contribution in [3.05, 3.63) is 40.4 Å². The number of anilines is 1. The van der Waals surface area contributed by atoms with Gasteiger partial charge in [-0.15, -0.1) is 0 Å². The number of rotatable bonds is 6. The number of aryl methyl sites for hydroxylation is 2. The van der Waals surface area contributed by atoms with Crippen molar-refractivity contribution in [2.24, 2.45) is 0 Å². The quantitative estimate of drug-likeness (QED) is 0.816. The van der Waals surface area contributed by atoms with Crippen LogP contribution in [0.2, 0.25) is 0 Å². The summed E-state index contributed by atoms with van der Waals surface area (Å²) in [5.41, 5.74) is 0.770. The molecule has 0 saturated heterocycles. The Morgan fingerprint density at radius 2 is 2.22 bits per heavy atom. The molecule has 0 unspecified atom stereocenters. The van der Waals surface area contributed by atoms with E-state index in [-0.39, 0.29) is 12.1 Å². The summed E-state index contributed by atoms with van der Waals surface area (Å²) in [6.45, 7) is -0.991. The Kier molecular flexibility index (Phi) is 5.64. The first kappa shape index (κ1) is 17.3. The van der Waals surface area contributed by atoms with Crippen LogP contribution in [-0.2, 0) is 11.3 Å². The number of hydrogen-bond acceptors (Lipinski definition) is 3. The first-order chi connectivity index (χ1) is 10.8. The molecule has 124 valence electrons.